The molecule has 0 unspecified atom stereocenters. The van der Waals surface area contributed by atoms with Gasteiger partial charge in [0.15, 0.2) is 11.5 Å². The van der Waals surface area contributed by atoms with Gasteiger partial charge in [0, 0.05) is 12.3 Å². The van der Waals surface area contributed by atoms with E-state index in [1.165, 1.54) is 18.2 Å². The van der Waals surface area contributed by atoms with Crippen LogP contribution >= 0.6 is 0 Å². The summed E-state index contributed by atoms with van der Waals surface area (Å²) in [4.78, 5) is 17.0. The quantitative estimate of drug-likeness (QED) is 0.588. The summed E-state index contributed by atoms with van der Waals surface area (Å²) in [6.07, 6.45) is 8.80. The maximum absolute atomic E-state index is 14.3. The third-order valence-electron chi connectivity index (χ3n) is 6.50. The zero-order valence-corrected chi connectivity index (χ0v) is 20.8. The van der Waals surface area contributed by atoms with Crippen molar-refractivity contribution in [3.8, 4) is 0 Å². The second-order valence-electron chi connectivity index (χ2n) is 8.71. The van der Waals surface area contributed by atoms with Crippen molar-refractivity contribution in [2.24, 2.45) is 0 Å². The highest BCUT2D eigenvalue weighted by molar-refractivity contribution is 6.08. The fourth-order valence-electron chi connectivity index (χ4n) is 4.75. The van der Waals surface area contributed by atoms with Crippen molar-refractivity contribution in [3.63, 3.8) is 0 Å². The number of carbonyl (C=O) groups is 1. The van der Waals surface area contributed by atoms with Crippen LogP contribution in [0.1, 0.15) is 23.7 Å². The summed E-state index contributed by atoms with van der Waals surface area (Å²) in [5.74, 6) is -0.926. The molecule has 1 saturated heterocycles. The van der Waals surface area contributed by atoms with Crippen molar-refractivity contribution >= 4 is 17.1 Å². The van der Waals surface area contributed by atoms with E-state index in [9.17, 15) is 9.18 Å². The van der Waals surface area contributed by atoms with Crippen LogP contribution in [0.25, 0.3) is 11.1 Å². The van der Waals surface area contributed by atoms with Crippen molar-refractivity contribution in [1.29, 1.82) is 0 Å². The number of amides is 1. The predicted octanol–water partition coefficient (Wildman–Crippen LogP) is 4.45. The van der Waals surface area contributed by atoms with Gasteiger partial charge in [-0.25, -0.2) is 4.39 Å². The van der Waals surface area contributed by atoms with Crippen molar-refractivity contribution in [2.75, 3.05) is 27.4 Å². The lowest BCUT2D eigenvalue weighted by Crippen LogP contribution is -2.38. The minimum Gasteiger partial charge on any atom is -0.495 e. The van der Waals surface area contributed by atoms with Crippen molar-refractivity contribution in [2.45, 2.75) is 19.3 Å². The molecule has 1 fully saturated rings. The van der Waals surface area contributed by atoms with E-state index in [0.717, 1.165) is 28.0 Å². The van der Waals surface area contributed by atoms with Crippen molar-refractivity contribution < 1.29 is 28.1 Å². The fourth-order valence-corrected chi connectivity index (χ4v) is 4.75. The van der Waals surface area contributed by atoms with E-state index in [-0.39, 0.29) is 11.7 Å². The van der Waals surface area contributed by atoms with Crippen LogP contribution in [0, 0.1) is 5.82 Å². The predicted molar refractivity (Wildman–Crippen MR) is 136 cm³/mol. The Balaban J connectivity index is 1.52. The molecular weight excluding hydrogens is 475 g/mol. The zero-order valence-electron chi connectivity index (χ0n) is 20.8. The Bertz CT molecular complexity index is 1360. The summed E-state index contributed by atoms with van der Waals surface area (Å²) in [5, 5.41) is 2.85. The number of benzene rings is 1. The number of methoxy groups -OCH3 is 2. The van der Waals surface area contributed by atoms with Crippen molar-refractivity contribution in [1.82, 2.24) is 10.3 Å². The number of aromatic nitrogens is 1. The van der Waals surface area contributed by atoms with Gasteiger partial charge in [-0.2, -0.15) is 0 Å². The van der Waals surface area contributed by atoms with E-state index in [1.807, 2.05) is 43.4 Å². The number of nitrogens with zero attached hydrogens (tertiary/aromatic N) is 1. The highest BCUT2D eigenvalue weighted by atomic mass is 19.1. The number of nitrogens with one attached hydrogen (secondary N) is 1. The van der Waals surface area contributed by atoms with Gasteiger partial charge in [-0.1, -0.05) is 12.1 Å². The van der Waals surface area contributed by atoms with Gasteiger partial charge in [-0.15, -0.1) is 0 Å². The summed E-state index contributed by atoms with van der Waals surface area (Å²) in [6.45, 7) is 3.04. The number of hydrogen-bond acceptors (Lipinski definition) is 6. The summed E-state index contributed by atoms with van der Waals surface area (Å²) < 4.78 is 37.2. The molecule has 2 heterocycles. The summed E-state index contributed by atoms with van der Waals surface area (Å²) in [7, 11) is 3.11. The van der Waals surface area contributed by atoms with Gasteiger partial charge in [0.1, 0.15) is 5.82 Å². The molecule has 5 rings (SSSR count). The maximum atomic E-state index is 14.3. The molecule has 190 valence electrons. The Morgan fingerprint density at radius 1 is 1.11 bits per heavy atom. The lowest BCUT2D eigenvalue weighted by atomic mass is 9.96. The van der Waals surface area contributed by atoms with Gasteiger partial charge >= 0.3 is 0 Å². The molecule has 1 aliphatic heterocycles. The molecule has 0 bridgehead atoms. The fraction of sp³-hybridized carbons (Fsp3) is 0.241. The third kappa shape index (κ3) is 4.61. The van der Waals surface area contributed by atoms with Gasteiger partial charge in [0.05, 0.1) is 39.7 Å². The smallest absolute Gasteiger partial charge is 0.288 e. The number of fused-ring (bicyclic) bond motifs is 1. The van der Waals surface area contributed by atoms with Crippen LogP contribution in [0.4, 0.5) is 4.39 Å². The Labute approximate surface area is 214 Å². The molecule has 8 heteroatoms. The normalized spacial score (nSPS) is 19.0. The monoisotopic (exact) mass is 502 g/mol. The summed E-state index contributed by atoms with van der Waals surface area (Å²) in [6, 6.07) is 10.1. The molecule has 1 aromatic carbocycles. The van der Waals surface area contributed by atoms with Crippen LogP contribution in [0.2, 0.25) is 0 Å². The van der Waals surface area contributed by atoms with Crippen LogP contribution in [0.5, 0.6) is 0 Å². The molecule has 0 atom stereocenters. The van der Waals surface area contributed by atoms with Crippen molar-refractivity contribution in [3.05, 3.63) is 112 Å². The molecule has 1 N–H and O–H groups in total. The first-order chi connectivity index (χ1) is 17.9. The summed E-state index contributed by atoms with van der Waals surface area (Å²) in [5.41, 5.74) is 5.36. The Morgan fingerprint density at radius 2 is 1.84 bits per heavy atom. The Kier molecular flexibility index (Phi) is 6.78. The second kappa shape index (κ2) is 10.2. The SMILES string of the molecule is COC1=CC(=CC2=C(C)/C(=C\C(=O)NCc3ccccn3)c3cc(F)ccc32)C=C(OC)C12OCCO2. The molecule has 1 amide bonds. The largest absolute Gasteiger partial charge is 0.495 e. The maximum Gasteiger partial charge on any atom is 0.288 e. The van der Waals surface area contributed by atoms with Crippen LogP contribution in [-0.4, -0.2) is 44.1 Å². The van der Waals surface area contributed by atoms with E-state index in [1.54, 1.807) is 26.5 Å². The number of carbonyl (C=O) groups excluding carboxylic acids is 1. The molecule has 7 nitrogen and oxygen atoms in total. The number of rotatable bonds is 6. The van der Waals surface area contributed by atoms with Gasteiger partial charge in [0.25, 0.3) is 5.79 Å². The average molecular weight is 503 g/mol. The van der Waals surface area contributed by atoms with Crippen LogP contribution in [0.15, 0.2) is 89.6 Å². The van der Waals surface area contributed by atoms with Gasteiger partial charge in [0.2, 0.25) is 5.91 Å². The number of ether oxygens (including phenoxy) is 4. The van der Waals surface area contributed by atoms with Gasteiger partial charge in [-0.05, 0) is 82.8 Å². The van der Waals surface area contributed by atoms with Gasteiger partial charge < -0.3 is 24.3 Å². The van der Waals surface area contributed by atoms with E-state index in [2.05, 4.69) is 10.3 Å². The Morgan fingerprint density at radius 3 is 2.49 bits per heavy atom. The first-order valence-electron chi connectivity index (χ1n) is 11.9. The van der Waals surface area contributed by atoms with Crippen LogP contribution in [-0.2, 0) is 30.3 Å². The molecule has 0 radical (unpaired) electrons. The van der Waals surface area contributed by atoms with E-state index < -0.39 is 5.79 Å². The topological polar surface area (TPSA) is 78.9 Å². The van der Waals surface area contributed by atoms with Gasteiger partial charge in [-0.3, -0.25) is 9.78 Å². The van der Waals surface area contributed by atoms with E-state index in [4.69, 9.17) is 18.9 Å². The van der Waals surface area contributed by atoms with E-state index in [0.29, 0.717) is 42.4 Å². The standard InChI is InChI=1S/C29H27FN2O5/c1-18-23(12-19-13-26(34-2)29(27(14-19)35-3)36-10-11-37-29)22-8-7-20(30)15-25(22)24(18)16-28(33)32-17-21-6-4-5-9-31-21/h4-9,12-16H,10-11,17H2,1-3H3,(H,32,33)/b24-16+. The lowest BCUT2D eigenvalue weighted by molar-refractivity contribution is -0.150. The molecule has 1 aromatic heterocycles. The first kappa shape index (κ1) is 24.7. The minimum atomic E-state index is -1.20. The minimum absolute atomic E-state index is 0.289. The molecule has 3 aliphatic rings. The number of halogens is 1. The first-order valence-corrected chi connectivity index (χ1v) is 11.9. The third-order valence-corrected chi connectivity index (χ3v) is 6.50. The second-order valence-corrected chi connectivity index (χ2v) is 8.71. The Hall–Kier alpha value is -4.01. The number of pyridine rings is 1. The van der Waals surface area contributed by atoms with E-state index >= 15 is 0 Å². The molecular formula is C29H27FN2O5. The van der Waals surface area contributed by atoms with Crippen LogP contribution in [0.3, 0.4) is 0 Å². The lowest BCUT2D eigenvalue weighted by Gasteiger charge is -2.32. The highest BCUT2D eigenvalue weighted by Gasteiger charge is 2.49. The zero-order chi connectivity index (χ0) is 26.0. The molecule has 2 aliphatic carbocycles. The molecule has 2 aromatic rings. The number of allylic oxidation sites excluding steroid dienone is 7. The summed E-state index contributed by atoms with van der Waals surface area (Å²) >= 11 is 0. The molecule has 1 spiro atoms. The number of hydrogen-bond donors (Lipinski definition) is 1. The molecule has 37 heavy (non-hydrogen) atoms. The van der Waals surface area contributed by atoms with Crippen LogP contribution < -0.4 is 5.32 Å². The molecule has 0 saturated carbocycles. The average Bonchev–Trinajstić information content (AvgIpc) is 3.49. The highest BCUT2D eigenvalue weighted by Crippen LogP contribution is 2.45.